The SMILES string of the molecule is CCc1ccc(CCC(=O)N(C)C2CC3CCC(C2)N3)cc1.Cl. The van der Waals surface area contributed by atoms with Crippen LogP contribution in [-0.4, -0.2) is 36.0 Å². The summed E-state index contributed by atoms with van der Waals surface area (Å²) in [6.07, 6.45) is 7.38. The molecule has 0 saturated carbocycles. The Morgan fingerprint density at radius 3 is 2.26 bits per heavy atom. The van der Waals surface area contributed by atoms with Crippen LogP contribution in [0.25, 0.3) is 0 Å². The van der Waals surface area contributed by atoms with E-state index in [1.54, 1.807) is 0 Å². The monoisotopic (exact) mass is 336 g/mol. The number of piperidine rings is 1. The number of aryl methyl sites for hydroxylation is 2. The number of nitrogens with one attached hydrogen (secondary N) is 1. The van der Waals surface area contributed by atoms with Crippen LogP contribution in [0, 0.1) is 0 Å². The Labute approximate surface area is 146 Å². The molecule has 2 aliphatic heterocycles. The van der Waals surface area contributed by atoms with Crippen LogP contribution in [0.4, 0.5) is 0 Å². The predicted molar refractivity (Wildman–Crippen MR) is 97.1 cm³/mol. The van der Waals surface area contributed by atoms with Crippen LogP contribution in [-0.2, 0) is 17.6 Å². The number of carbonyl (C=O) groups is 1. The molecule has 0 spiro atoms. The zero-order valence-corrected chi connectivity index (χ0v) is 15.1. The molecule has 0 radical (unpaired) electrons. The number of hydrogen-bond donors (Lipinski definition) is 1. The second kappa shape index (κ2) is 8.16. The van der Waals surface area contributed by atoms with Gasteiger partial charge in [0.05, 0.1) is 0 Å². The minimum absolute atomic E-state index is 0. The van der Waals surface area contributed by atoms with Gasteiger partial charge in [-0.25, -0.2) is 0 Å². The summed E-state index contributed by atoms with van der Waals surface area (Å²) < 4.78 is 0. The van der Waals surface area contributed by atoms with Gasteiger partial charge in [-0.3, -0.25) is 4.79 Å². The molecule has 3 nitrogen and oxygen atoms in total. The van der Waals surface area contributed by atoms with E-state index >= 15 is 0 Å². The van der Waals surface area contributed by atoms with E-state index in [9.17, 15) is 4.79 Å². The third-order valence-corrected chi connectivity index (χ3v) is 5.45. The van der Waals surface area contributed by atoms with Crippen molar-refractivity contribution in [1.29, 1.82) is 0 Å². The number of fused-ring (bicyclic) bond motifs is 2. The number of hydrogen-bond acceptors (Lipinski definition) is 2. The summed E-state index contributed by atoms with van der Waals surface area (Å²) in [6.45, 7) is 2.17. The number of amides is 1. The number of carbonyl (C=O) groups excluding carboxylic acids is 1. The molecule has 2 fully saturated rings. The van der Waals surface area contributed by atoms with Gasteiger partial charge in [0.2, 0.25) is 5.91 Å². The van der Waals surface area contributed by atoms with Gasteiger partial charge in [-0.15, -0.1) is 12.4 Å². The van der Waals surface area contributed by atoms with Crippen molar-refractivity contribution in [2.75, 3.05) is 7.05 Å². The fourth-order valence-electron chi connectivity index (χ4n) is 3.92. The molecule has 1 aromatic rings. The molecule has 4 heteroatoms. The van der Waals surface area contributed by atoms with Gasteiger partial charge in [-0.2, -0.15) is 0 Å². The van der Waals surface area contributed by atoms with E-state index < -0.39 is 0 Å². The Bertz CT molecular complexity index is 505. The van der Waals surface area contributed by atoms with Crippen molar-refractivity contribution in [3.05, 3.63) is 35.4 Å². The Morgan fingerprint density at radius 2 is 1.70 bits per heavy atom. The average Bonchev–Trinajstić information content (AvgIpc) is 2.90. The standard InChI is InChI=1S/C19H28N2O.ClH/c1-3-14-4-6-15(7-5-14)8-11-19(22)21(2)18-12-16-9-10-17(13-18)20-16;/h4-7,16-18,20H,3,8-13H2,1-2H3;1H. The molecule has 3 rings (SSSR count). The summed E-state index contributed by atoms with van der Waals surface area (Å²) in [4.78, 5) is 14.5. The van der Waals surface area contributed by atoms with Crippen molar-refractivity contribution < 1.29 is 4.79 Å². The lowest BCUT2D eigenvalue weighted by molar-refractivity contribution is -0.132. The first kappa shape index (κ1) is 18.3. The van der Waals surface area contributed by atoms with Gasteiger partial charge in [0.25, 0.3) is 0 Å². The van der Waals surface area contributed by atoms with Crippen molar-refractivity contribution in [3.63, 3.8) is 0 Å². The zero-order chi connectivity index (χ0) is 15.5. The average molecular weight is 337 g/mol. The highest BCUT2D eigenvalue weighted by Gasteiger charge is 2.36. The largest absolute Gasteiger partial charge is 0.343 e. The van der Waals surface area contributed by atoms with Crippen LogP contribution >= 0.6 is 12.4 Å². The quantitative estimate of drug-likeness (QED) is 0.894. The highest BCUT2D eigenvalue weighted by molar-refractivity contribution is 5.85. The topological polar surface area (TPSA) is 32.3 Å². The predicted octanol–water partition coefficient (Wildman–Crippen LogP) is 3.34. The molecule has 1 N–H and O–H groups in total. The Kier molecular flexibility index (Phi) is 6.49. The Morgan fingerprint density at radius 1 is 1.13 bits per heavy atom. The molecule has 2 atom stereocenters. The van der Waals surface area contributed by atoms with E-state index in [1.165, 1.54) is 24.0 Å². The van der Waals surface area contributed by atoms with Crippen molar-refractivity contribution in [2.24, 2.45) is 0 Å². The van der Waals surface area contributed by atoms with Gasteiger partial charge < -0.3 is 10.2 Å². The van der Waals surface area contributed by atoms with Crippen molar-refractivity contribution >= 4 is 18.3 Å². The summed E-state index contributed by atoms with van der Waals surface area (Å²) in [6, 6.07) is 10.4. The normalized spacial score (nSPS) is 25.7. The molecule has 0 aliphatic carbocycles. The number of rotatable bonds is 5. The van der Waals surface area contributed by atoms with Gasteiger partial charge in [0.1, 0.15) is 0 Å². The molecule has 23 heavy (non-hydrogen) atoms. The lowest BCUT2D eigenvalue weighted by atomic mass is 9.98. The minimum Gasteiger partial charge on any atom is -0.343 e. The Balaban J connectivity index is 0.00000192. The van der Waals surface area contributed by atoms with E-state index in [0.29, 0.717) is 30.5 Å². The third kappa shape index (κ3) is 4.48. The summed E-state index contributed by atoms with van der Waals surface area (Å²) in [5, 5.41) is 3.64. The van der Waals surface area contributed by atoms with E-state index in [-0.39, 0.29) is 12.4 Å². The van der Waals surface area contributed by atoms with E-state index in [4.69, 9.17) is 0 Å². The molecule has 1 amide bonds. The van der Waals surface area contributed by atoms with Gasteiger partial charge >= 0.3 is 0 Å². The number of halogens is 1. The number of nitrogens with zero attached hydrogens (tertiary/aromatic N) is 1. The van der Waals surface area contributed by atoms with Gasteiger partial charge in [0.15, 0.2) is 0 Å². The second-order valence-electron chi connectivity index (χ2n) is 6.94. The van der Waals surface area contributed by atoms with Crippen LogP contribution in [0.2, 0.25) is 0 Å². The maximum atomic E-state index is 12.5. The lowest BCUT2D eigenvalue weighted by Crippen LogP contribution is -2.48. The maximum Gasteiger partial charge on any atom is 0.222 e. The fourth-order valence-corrected chi connectivity index (χ4v) is 3.92. The zero-order valence-electron chi connectivity index (χ0n) is 14.3. The maximum absolute atomic E-state index is 12.5. The molecule has 2 bridgehead atoms. The molecule has 2 saturated heterocycles. The van der Waals surface area contributed by atoms with Crippen LogP contribution in [0.5, 0.6) is 0 Å². The smallest absolute Gasteiger partial charge is 0.222 e. The number of benzene rings is 1. The van der Waals surface area contributed by atoms with Gasteiger partial charge in [-0.1, -0.05) is 31.2 Å². The molecule has 2 heterocycles. The summed E-state index contributed by atoms with van der Waals surface area (Å²) in [7, 11) is 2.00. The van der Waals surface area contributed by atoms with Crippen LogP contribution in [0.15, 0.2) is 24.3 Å². The van der Waals surface area contributed by atoms with Crippen LogP contribution < -0.4 is 5.32 Å². The van der Waals surface area contributed by atoms with Gasteiger partial charge in [0, 0.05) is 31.6 Å². The summed E-state index contributed by atoms with van der Waals surface area (Å²) >= 11 is 0. The van der Waals surface area contributed by atoms with E-state index in [0.717, 1.165) is 25.7 Å². The first-order valence-electron chi connectivity index (χ1n) is 8.75. The summed E-state index contributed by atoms with van der Waals surface area (Å²) in [5.74, 6) is 0.297. The third-order valence-electron chi connectivity index (χ3n) is 5.45. The highest BCUT2D eigenvalue weighted by atomic mass is 35.5. The fraction of sp³-hybridized carbons (Fsp3) is 0.632. The lowest BCUT2D eigenvalue weighted by Gasteiger charge is -2.35. The molecule has 2 unspecified atom stereocenters. The molecule has 1 aromatic carbocycles. The Hall–Kier alpha value is -1.06. The van der Waals surface area contributed by atoms with Crippen molar-refractivity contribution in [3.8, 4) is 0 Å². The molecule has 2 aliphatic rings. The molecular weight excluding hydrogens is 308 g/mol. The first-order chi connectivity index (χ1) is 10.7. The van der Waals surface area contributed by atoms with E-state index in [1.807, 2.05) is 11.9 Å². The molecule has 0 aromatic heterocycles. The van der Waals surface area contributed by atoms with Crippen molar-refractivity contribution in [1.82, 2.24) is 10.2 Å². The van der Waals surface area contributed by atoms with Crippen molar-refractivity contribution in [2.45, 2.75) is 70.0 Å². The van der Waals surface area contributed by atoms with E-state index in [2.05, 4.69) is 36.5 Å². The first-order valence-corrected chi connectivity index (χ1v) is 8.75. The second-order valence-corrected chi connectivity index (χ2v) is 6.94. The highest BCUT2D eigenvalue weighted by Crippen LogP contribution is 2.29. The van der Waals surface area contributed by atoms with Crippen LogP contribution in [0.3, 0.4) is 0 Å². The molecule has 128 valence electrons. The van der Waals surface area contributed by atoms with Gasteiger partial charge in [-0.05, 0) is 49.7 Å². The van der Waals surface area contributed by atoms with Crippen LogP contribution in [0.1, 0.15) is 50.2 Å². The summed E-state index contributed by atoms with van der Waals surface area (Å²) in [5.41, 5.74) is 2.63. The minimum atomic E-state index is 0. The molecular formula is C19H29ClN2O.